The number of carbonyl (C=O) groups is 1. The summed E-state index contributed by atoms with van der Waals surface area (Å²) >= 11 is 0. The van der Waals surface area contributed by atoms with Gasteiger partial charge in [-0.1, -0.05) is 0 Å². The van der Waals surface area contributed by atoms with Gasteiger partial charge in [-0.05, 0) is 31.5 Å². The second kappa shape index (κ2) is 7.24. The number of halogens is 1. The Morgan fingerprint density at radius 2 is 2.30 bits per heavy atom. The van der Waals surface area contributed by atoms with Crippen molar-refractivity contribution in [2.75, 3.05) is 19.8 Å². The van der Waals surface area contributed by atoms with Crippen LogP contribution in [0.4, 0.5) is 4.39 Å². The van der Waals surface area contributed by atoms with Gasteiger partial charge in [0.15, 0.2) is 11.6 Å². The van der Waals surface area contributed by atoms with E-state index < -0.39 is 27.9 Å². The Balaban J connectivity index is 2.06. The largest absolute Gasteiger partial charge is 0.490 e. The fraction of sp³-hybridized carbons (Fsp3) is 0.500. The Labute approximate surface area is 133 Å². The van der Waals surface area contributed by atoms with Crippen molar-refractivity contribution in [3.63, 3.8) is 0 Å². The Morgan fingerprint density at radius 1 is 1.57 bits per heavy atom. The minimum absolute atomic E-state index is 0.0536. The Hall–Kier alpha value is -1.71. The highest BCUT2D eigenvalue weighted by Crippen LogP contribution is 2.23. The van der Waals surface area contributed by atoms with Crippen LogP contribution in [-0.4, -0.2) is 45.4 Å². The lowest BCUT2D eigenvalue weighted by molar-refractivity contribution is -0.138. The molecule has 1 aliphatic rings. The summed E-state index contributed by atoms with van der Waals surface area (Å²) in [6, 6.07) is 1.87. The van der Waals surface area contributed by atoms with Gasteiger partial charge < -0.3 is 14.6 Å². The summed E-state index contributed by atoms with van der Waals surface area (Å²) in [5, 5.41) is 8.73. The first kappa shape index (κ1) is 17.6. The molecular formula is C14H18FNO6S. The molecule has 23 heavy (non-hydrogen) atoms. The van der Waals surface area contributed by atoms with Crippen molar-refractivity contribution in [1.82, 2.24) is 4.72 Å². The summed E-state index contributed by atoms with van der Waals surface area (Å²) in [6.45, 7) is 2.68. The monoisotopic (exact) mass is 347 g/mol. The van der Waals surface area contributed by atoms with Gasteiger partial charge in [0.1, 0.15) is 6.04 Å². The molecule has 1 aromatic carbocycles. The molecule has 1 fully saturated rings. The number of benzene rings is 1. The van der Waals surface area contributed by atoms with Crippen LogP contribution in [0.5, 0.6) is 5.75 Å². The molecule has 9 heteroatoms. The lowest BCUT2D eigenvalue weighted by Crippen LogP contribution is -2.38. The van der Waals surface area contributed by atoms with Crippen molar-refractivity contribution in [3.05, 3.63) is 24.0 Å². The summed E-state index contributed by atoms with van der Waals surface area (Å²) in [6.07, 6.45) is 0.838. The molecule has 0 aliphatic carbocycles. The molecule has 1 saturated heterocycles. The Kier molecular flexibility index (Phi) is 5.55. The normalized spacial score (nSPS) is 19.5. The summed E-state index contributed by atoms with van der Waals surface area (Å²) in [5.41, 5.74) is 0. The van der Waals surface area contributed by atoms with Crippen molar-refractivity contribution in [2.24, 2.45) is 5.92 Å². The number of hydrogen-bond acceptors (Lipinski definition) is 5. The number of aliphatic carboxylic acids is 1. The van der Waals surface area contributed by atoms with Gasteiger partial charge in [-0.3, -0.25) is 4.79 Å². The van der Waals surface area contributed by atoms with E-state index in [0.717, 1.165) is 12.5 Å². The van der Waals surface area contributed by atoms with E-state index in [2.05, 4.69) is 0 Å². The number of sulfonamides is 1. The van der Waals surface area contributed by atoms with Crippen LogP contribution >= 0.6 is 0 Å². The van der Waals surface area contributed by atoms with Crippen LogP contribution in [0.1, 0.15) is 13.3 Å². The topological polar surface area (TPSA) is 102 Å². The second-order valence-electron chi connectivity index (χ2n) is 5.31. The van der Waals surface area contributed by atoms with Crippen LogP contribution in [0.2, 0.25) is 0 Å². The van der Waals surface area contributed by atoms with Crippen LogP contribution in [0, 0.1) is 11.7 Å². The van der Waals surface area contributed by atoms with Gasteiger partial charge in [0, 0.05) is 12.5 Å². The highest BCUT2D eigenvalue weighted by atomic mass is 32.2. The van der Waals surface area contributed by atoms with E-state index in [1.54, 1.807) is 0 Å². The first-order valence-electron chi connectivity index (χ1n) is 7.05. The molecule has 2 N–H and O–H groups in total. The lowest BCUT2D eigenvalue weighted by atomic mass is 10.1. The number of ether oxygens (including phenoxy) is 2. The van der Waals surface area contributed by atoms with Gasteiger partial charge in [0.2, 0.25) is 10.0 Å². The summed E-state index contributed by atoms with van der Waals surface area (Å²) in [5.74, 6) is -2.01. The molecular weight excluding hydrogens is 329 g/mol. The summed E-state index contributed by atoms with van der Waals surface area (Å²) < 4.78 is 50.4. The van der Waals surface area contributed by atoms with Gasteiger partial charge in [0.05, 0.1) is 18.1 Å². The first-order chi connectivity index (χ1) is 10.8. The molecule has 2 atom stereocenters. The molecule has 2 rings (SSSR count). The molecule has 1 aliphatic heterocycles. The standard InChI is InChI=1S/C14H18FNO6S/c1-9(14(17)18)16-23(19,20)11-2-3-13(12(15)6-11)22-8-10-4-5-21-7-10/h2-3,6,9-10,16H,4-5,7-8H2,1H3,(H,17,18). The van der Waals surface area contributed by atoms with Crippen molar-refractivity contribution in [1.29, 1.82) is 0 Å². The smallest absolute Gasteiger partial charge is 0.321 e. The first-order valence-corrected chi connectivity index (χ1v) is 8.53. The molecule has 7 nitrogen and oxygen atoms in total. The van der Waals surface area contributed by atoms with Crippen LogP contribution in [0.15, 0.2) is 23.1 Å². The van der Waals surface area contributed by atoms with Crippen LogP contribution < -0.4 is 9.46 Å². The minimum Gasteiger partial charge on any atom is -0.490 e. The summed E-state index contributed by atoms with van der Waals surface area (Å²) in [4.78, 5) is 10.3. The number of carboxylic acid groups (broad SMARTS) is 1. The van der Waals surface area contributed by atoms with Gasteiger partial charge >= 0.3 is 5.97 Å². The molecule has 2 unspecified atom stereocenters. The van der Waals surface area contributed by atoms with Gasteiger partial charge in [-0.2, -0.15) is 4.72 Å². The average molecular weight is 347 g/mol. The van der Waals surface area contributed by atoms with Crippen molar-refractivity contribution in [3.8, 4) is 5.75 Å². The van der Waals surface area contributed by atoms with E-state index in [1.165, 1.54) is 19.1 Å². The third kappa shape index (κ3) is 4.63. The molecule has 0 radical (unpaired) electrons. The number of carboxylic acids is 1. The molecule has 0 aromatic heterocycles. The predicted molar refractivity (Wildman–Crippen MR) is 78.2 cm³/mol. The quantitative estimate of drug-likeness (QED) is 0.763. The van der Waals surface area contributed by atoms with Gasteiger partial charge in [0.25, 0.3) is 0 Å². The van der Waals surface area contributed by atoms with Crippen LogP contribution in [-0.2, 0) is 19.6 Å². The van der Waals surface area contributed by atoms with Crippen molar-refractivity contribution < 1.29 is 32.2 Å². The van der Waals surface area contributed by atoms with Gasteiger partial charge in [-0.25, -0.2) is 12.8 Å². The van der Waals surface area contributed by atoms with Crippen LogP contribution in [0.25, 0.3) is 0 Å². The average Bonchev–Trinajstić information content (AvgIpc) is 2.98. The Bertz CT molecular complexity index is 672. The van der Waals surface area contributed by atoms with Gasteiger partial charge in [-0.15, -0.1) is 0 Å². The molecule has 0 spiro atoms. The summed E-state index contributed by atoms with van der Waals surface area (Å²) in [7, 11) is -4.12. The highest BCUT2D eigenvalue weighted by molar-refractivity contribution is 7.89. The molecule has 128 valence electrons. The van der Waals surface area contributed by atoms with Crippen molar-refractivity contribution in [2.45, 2.75) is 24.3 Å². The third-order valence-corrected chi connectivity index (χ3v) is 4.95. The lowest BCUT2D eigenvalue weighted by Gasteiger charge is -2.13. The maximum atomic E-state index is 14.0. The van der Waals surface area contributed by atoms with Crippen LogP contribution in [0.3, 0.4) is 0 Å². The highest BCUT2D eigenvalue weighted by Gasteiger charge is 2.23. The number of hydrogen-bond donors (Lipinski definition) is 2. The molecule has 1 aromatic rings. The molecule has 0 saturated carbocycles. The van der Waals surface area contributed by atoms with E-state index in [4.69, 9.17) is 14.6 Å². The fourth-order valence-corrected chi connectivity index (χ4v) is 3.25. The SMILES string of the molecule is CC(NS(=O)(=O)c1ccc(OCC2CCOC2)c(F)c1)C(=O)O. The third-order valence-electron chi connectivity index (χ3n) is 3.41. The minimum atomic E-state index is -4.12. The van der Waals surface area contributed by atoms with E-state index in [0.29, 0.717) is 13.2 Å². The molecule has 1 heterocycles. The van der Waals surface area contributed by atoms with E-state index in [1.807, 2.05) is 4.72 Å². The predicted octanol–water partition coefficient (Wildman–Crippen LogP) is 0.992. The molecule has 0 amide bonds. The zero-order valence-corrected chi connectivity index (χ0v) is 13.3. The fourth-order valence-electron chi connectivity index (χ4n) is 2.04. The van der Waals surface area contributed by atoms with E-state index in [9.17, 15) is 17.6 Å². The number of rotatable bonds is 7. The second-order valence-corrected chi connectivity index (χ2v) is 7.03. The molecule has 0 bridgehead atoms. The van der Waals surface area contributed by atoms with E-state index >= 15 is 0 Å². The zero-order valence-electron chi connectivity index (χ0n) is 12.5. The van der Waals surface area contributed by atoms with Crippen molar-refractivity contribution >= 4 is 16.0 Å². The maximum Gasteiger partial charge on any atom is 0.321 e. The Morgan fingerprint density at radius 3 is 2.87 bits per heavy atom. The number of nitrogens with one attached hydrogen (secondary N) is 1. The van der Waals surface area contributed by atoms with E-state index in [-0.39, 0.29) is 23.2 Å². The maximum absolute atomic E-state index is 14.0. The zero-order chi connectivity index (χ0) is 17.0.